The van der Waals surface area contributed by atoms with Crippen molar-refractivity contribution >= 4 is 11.8 Å². The number of benzene rings is 1. The first kappa shape index (κ1) is 20.0. The summed E-state index contributed by atoms with van der Waals surface area (Å²) in [6.45, 7) is 1.88. The average Bonchev–Trinajstić information content (AvgIpc) is 2.99. The van der Waals surface area contributed by atoms with E-state index in [1.165, 1.54) is 28.8 Å². The quantitative estimate of drug-likeness (QED) is 0.798. The summed E-state index contributed by atoms with van der Waals surface area (Å²) in [7, 11) is 1.23. The molecule has 1 aromatic heterocycles. The van der Waals surface area contributed by atoms with E-state index in [2.05, 4.69) is 0 Å². The number of pyridine rings is 1. The van der Waals surface area contributed by atoms with Gasteiger partial charge in [-0.3, -0.25) is 14.4 Å². The third-order valence-electron chi connectivity index (χ3n) is 5.55. The molecular weight excluding hydrogens is 400 g/mol. The summed E-state index contributed by atoms with van der Waals surface area (Å²) in [6.07, 6.45) is 0.104. The molecule has 2 aromatic rings. The first-order valence-corrected chi connectivity index (χ1v) is 9.26. The molecule has 4 rings (SSSR count). The van der Waals surface area contributed by atoms with E-state index in [1.54, 1.807) is 6.92 Å². The molecule has 2 N–H and O–H groups in total. The Labute approximate surface area is 169 Å². The van der Waals surface area contributed by atoms with Crippen LogP contribution >= 0.6 is 0 Å². The Kier molecular flexibility index (Phi) is 4.81. The second-order valence-electron chi connectivity index (χ2n) is 7.29. The zero-order valence-electron chi connectivity index (χ0n) is 16.2. The Bertz CT molecular complexity index is 1120. The standard InChI is InChI=1S/C20H19F2N3O5/c1-9-14(5-10-3-4-11(21)6-13(10)22)30-15-8-24-7-12(19(23)27)17(26)18(29-2)16(24)20(28)25(9)15/h3-4,6-7,9,14-15H,5,8H2,1-2H3,(H2,23,27). The Hall–Kier alpha value is -3.27. The molecule has 3 unspecified atom stereocenters. The van der Waals surface area contributed by atoms with Crippen molar-refractivity contribution in [2.24, 2.45) is 5.73 Å². The van der Waals surface area contributed by atoms with Crippen LogP contribution < -0.4 is 15.9 Å². The number of amides is 2. The van der Waals surface area contributed by atoms with Crippen LogP contribution in [-0.4, -0.2) is 46.8 Å². The lowest BCUT2D eigenvalue weighted by Crippen LogP contribution is -2.49. The number of halogens is 2. The van der Waals surface area contributed by atoms with E-state index in [9.17, 15) is 23.2 Å². The van der Waals surface area contributed by atoms with E-state index in [0.29, 0.717) is 0 Å². The number of hydrogen-bond donors (Lipinski definition) is 1. The fraction of sp³-hybridized carbons (Fsp3) is 0.350. The minimum Gasteiger partial charge on any atom is -0.491 e. The minimum absolute atomic E-state index is 0.00665. The van der Waals surface area contributed by atoms with Crippen molar-refractivity contribution < 1.29 is 27.8 Å². The third kappa shape index (κ3) is 3.04. The van der Waals surface area contributed by atoms with Crippen LogP contribution in [0.1, 0.15) is 33.3 Å². The van der Waals surface area contributed by atoms with Crippen molar-refractivity contribution in [3.63, 3.8) is 0 Å². The van der Waals surface area contributed by atoms with Crippen LogP contribution in [0.3, 0.4) is 0 Å². The summed E-state index contributed by atoms with van der Waals surface area (Å²) in [4.78, 5) is 38.8. The number of fused-ring (bicyclic) bond motifs is 2. The Morgan fingerprint density at radius 2 is 2.07 bits per heavy atom. The van der Waals surface area contributed by atoms with Crippen LogP contribution in [0.2, 0.25) is 0 Å². The summed E-state index contributed by atoms with van der Waals surface area (Å²) < 4.78 is 39.8. The number of rotatable bonds is 4. The highest BCUT2D eigenvalue weighted by Gasteiger charge is 2.47. The average molecular weight is 419 g/mol. The van der Waals surface area contributed by atoms with Gasteiger partial charge in [-0.2, -0.15) is 0 Å². The van der Waals surface area contributed by atoms with Crippen molar-refractivity contribution in [1.29, 1.82) is 0 Å². The summed E-state index contributed by atoms with van der Waals surface area (Å²) in [5, 5.41) is 0. The van der Waals surface area contributed by atoms with Gasteiger partial charge in [-0.25, -0.2) is 8.78 Å². The summed E-state index contributed by atoms with van der Waals surface area (Å²) in [6, 6.07) is 2.85. The molecule has 10 heteroatoms. The maximum absolute atomic E-state index is 14.1. The van der Waals surface area contributed by atoms with Gasteiger partial charge in [0.15, 0.2) is 17.7 Å². The number of carbonyl (C=O) groups excluding carboxylic acids is 2. The topological polar surface area (TPSA) is 104 Å². The molecule has 2 amide bonds. The van der Waals surface area contributed by atoms with Crippen molar-refractivity contribution in [1.82, 2.24) is 9.47 Å². The summed E-state index contributed by atoms with van der Waals surface area (Å²) >= 11 is 0. The molecule has 8 nitrogen and oxygen atoms in total. The molecular formula is C20H19F2N3O5. The Morgan fingerprint density at radius 3 is 2.70 bits per heavy atom. The predicted molar refractivity (Wildman–Crippen MR) is 100 cm³/mol. The molecule has 0 spiro atoms. The van der Waals surface area contributed by atoms with Crippen LogP contribution in [0.25, 0.3) is 0 Å². The van der Waals surface area contributed by atoms with E-state index in [0.717, 1.165) is 12.1 Å². The van der Waals surface area contributed by atoms with Crippen molar-refractivity contribution in [2.45, 2.75) is 38.3 Å². The van der Waals surface area contributed by atoms with Gasteiger partial charge in [0.05, 0.1) is 25.8 Å². The molecule has 2 aliphatic heterocycles. The second kappa shape index (κ2) is 7.21. The maximum atomic E-state index is 14.1. The number of aromatic nitrogens is 1. The van der Waals surface area contributed by atoms with Gasteiger partial charge >= 0.3 is 0 Å². The molecule has 0 saturated carbocycles. The normalized spacial score (nSPS) is 22.6. The van der Waals surface area contributed by atoms with Crippen LogP contribution in [0, 0.1) is 11.6 Å². The Balaban J connectivity index is 1.69. The molecule has 0 bridgehead atoms. The first-order valence-electron chi connectivity index (χ1n) is 9.26. The van der Waals surface area contributed by atoms with E-state index >= 15 is 0 Å². The summed E-state index contributed by atoms with van der Waals surface area (Å²) in [5.74, 6) is -3.08. The molecule has 1 aromatic carbocycles. The lowest BCUT2D eigenvalue weighted by atomic mass is 10.0. The highest BCUT2D eigenvalue weighted by molar-refractivity contribution is 5.99. The highest BCUT2D eigenvalue weighted by atomic mass is 19.1. The number of ether oxygens (including phenoxy) is 2. The Morgan fingerprint density at radius 1 is 1.33 bits per heavy atom. The number of carbonyl (C=O) groups is 2. The molecule has 158 valence electrons. The molecule has 0 radical (unpaired) electrons. The highest BCUT2D eigenvalue weighted by Crippen LogP contribution is 2.34. The van der Waals surface area contributed by atoms with Crippen LogP contribution in [-0.2, 0) is 17.7 Å². The number of nitrogens with zero attached hydrogens (tertiary/aromatic N) is 2. The first-order chi connectivity index (χ1) is 14.2. The van der Waals surface area contributed by atoms with Crippen LogP contribution in [0.4, 0.5) is 8.78 Å². The number of nitrogens with two attached hydrogens (primary N) is 1. The summed E-state index contributed by atoms with van der Waals surface area (Å²) in [5.41, 5.74) is 4.47. The van der Waals surface area contributed by atoms with Gasteiger partial charge in [0, 0.05) is 18.7 Å². The molecule has 3 atom stereocenters. The monoisotopic (exact) mass is 419 g/mol. The van der Waals surface area contributed by atoms with E-state index in [4.69, 9.17) is 15.2 Å². The predicted octanol–water partition coefficient (Wildman–Crippen LogP) is 1.05. The van der Waals surface area contributed by atoms with Crippen molar-refractivity contribution in [2.75, 3.05) is 7.11 Å². The van der Waals surface area contributed by atoms with Gasteiger partial charge in [0.1, 0.15) is 17.2 Å². The van der Waals surface area contributed by atoms with E-state index < -0.39 is 47.3 Å². The zero-order chi connectivity index (χ0) is 21.7. The zero-order valence-corrected chi connectivity index (χ0v) is 16.2. The lowest BCUT2D eigenvalue weighted by molar-refractivity contribution is -0.0145. The van der Waals surface area contributed by atoms with E-state index in [-0.39, 0.29) is 35.5 Å². The van der Waals surface area contributed by atoms with Gasteiger partial charge in [-0.15, -0.1) is 0 Å². The maximum Gasteiger partial charge on any atom is 0.276 e. The van der Waals surface area contributed by atoms with Crippen molar-refractivity contribution in [3.8, 4) is 5.75 Å². The molecule has 1 fully saturated rings. The fourth-order valence-electron chi connectivity index (χ4n) is 4.05. The fourth-order valence-corrected chi connectivity index (χ4v) is 4.05. The number of hydrogen-bond acceptors (Lipinski definition) is 5. The van der Waals surface area contributed by atoms with Crippen LogP contribution in [0.15, 0.2) is 29.2 Å². The van der Waals surface area contributed by atoms with Crippen LogP contribution in [0.5, 0.6) is 5.75 Å². The minimum atomic E-state index is -0.936. The third-order valence-corrected chi connectivity index (χ3v) is 5.55. The second-order valence-corrected chi connectivity index (χ2v) is 7.29. The molecule has 0 aliphatic carbocycles. The number of methoxy groups -OCH3 is 1. The van der Waals surface area contributed by atoms with Gasteiger partial charge in [0.2, 0.25) is 5.43 Å². The molecule has 3 heterocycles. The largest absolute Gasteiger partial charge is 0.491 e. The van der Waals surface area contributed by atoms with Gasteiger partial charge in [-0.1, -0.05) is 6.07 Å². The smallest absolute Gasteiger partial charge is 0.276 e. The molecule has 1 saturated heterocycles. The van der Waals surface area contributed by atoms with Gasteiger partial charge < -0.3 is 24.7 Å². The lowest BCUT2D eigenvalue weighted by Gasteiger charge is -2.34. The van der Waals surface area contributed by atoms with Gasteiger partial charge in [0.25, 0.3) is 11.8 Å². The van der Waals surface area contributed by atoms with Crippen molar-refractivity contribution in [3.05, 3.63) is 63.1 Å². The number of primary amides is 1. The van der Waals surface area contributed by atoms with E-state index in [1.807, 2.05) is 0 Å². The molecule has 2 aliphatic rings. The molecule has 30 heavy (non-hydrogen) atoms. The SMILES string of the molecule is COc1c2n(cc(C(N)=O)c1=O)CC1OC(Cc3ccc(F)cc3F)C(C)N1C2=O. The van der Waals surface area contributed by atoms with Gasteiger partial charge in [-0.05, 0) is 18.6 Å².